The normalized spacial score (nSPS) is 20.2. The Balaban J connectivity index is 1.29. The Kier molecular flexibility index (Phi) is 5.67. The molecule has 2 aromatic rings. The molecular weight excluding hydrogens is 371 g/mol. The fourth-order valence-electron chi connectivity index (χ4n) is 3.88. The van der Waals surface area contributed by atoms with E-state index in [1.807, 2.05) is 24.3 Å². The third kappa shape index (κ3) is 4.83. The average Bonchev–Trinajstić information content (AvgIpc) is 3.56. The van der Waals surface area contributed by atoms with Crippen LogP contribution in [0.2, 0.25) is 0 Å². The van der Waals surface area contributed by atoms with Crippen molar-refractivity contribution in [3.8, 4) is 0 Å². The number of aliphatic hydroxyl groups excluding tert-OH is 1. The van der Waals surface area contributed by atoms with Gasteiger partial charge in [0.1, 0.15) is 5.82 Å². The monoisotopic (exact) mass is 398 g/mol. The highest BCUT2D eigenvalue weighted by molar-refractivity contribution is 5.94. The summed E-state index contributed by atoms with van der Waals surface area (Å²) in [6.45, 7) is 1.79. The van der Waals surface area contributed by atoms with E-state index in [4.69, 9.17) is 0 Å². The van der Waals surface area contributed by atoms with Crippen LogP contribution in [0.1, 0.15) is 42.9 Å². The van der Waals surface area contributed by atoms with Crippen molar-refractivity contribution in [2.75, 3.05) is 25.0 Å². The number of hydrogen-bond donors (Lipinski definition) is 3. The number of nitrogens with zero attached hydrogens (tertiary/aromatic N) is 1. The van der Waals surface area contributed by atoms with Gasteiger partial charge in [-0.15, -0.1) is 0 Å². The highest BCUT2D eigenvalue weighted by Gasteiger charge is 2.34. The molecule has 1 saturated heterocycles. The van der Waals surface area contributed by atoms with Crippen LogP contribution in [0.15, 0.2) is 48.5 Å². The molecule has 1 amide bonds. The Morgan fingerprint density at radius 1 is 1.10 bits per heavy atom. The Bertz CT molecular complexity index is 841. The number of hydrogen-bond acceptors (Lipinski definition) is 4. The lowest BCUT2D eigenvalue weighted by molar-refractivity contribution is -0.117. The molecule has 0 spiro atoms. The van der Waals surface area contributed by atoms with E-state index in [0.29, 0.717) is 32.5 Å². The van der Waals surface area contributed by atoms with Crippen molar-refractivity contribution in [2.45, 2.75) is 37.4 Å². The van der Waals surface area contributed by atoms with Crippen molar-refractivity contribution in [3.63, 3.8) is 0 Å². The van der Waals surface area contributed by atoms with Crippen LogP contribution in [-0.4, -0.2) is 40.7 Å². The summed E-state index contributed by atoms with van der Waals surface area (Å²) in [4.78, 5) is 14.0. The number of piperidine rings is 1. The van der Waals surface area contributed by atoms with Gasteiger partial charge in [0.15, 0.2) is 0 Å². The van der Waals surface area contributed by atoms with Gasteiger partial charge in [-0.25, -0.2) is 4.39 Å². The van der Waals surface area contributed by atoms with Crippen molar-refractivity contribution in [2.24, 2.45) is 5.92 Å². The van der Waals surface area contributed by atoms with Crippen LogP contribution in [0.5, 0.6) is 0 Å². The van der Waals surface area contributed by atoms with E-state index in [1.165, 1.54) is 12.1 Å². The van der Waals surface area contributed by atoms with Gasteiger partial charge in [0.05, 0.1) is 11.7 Å². The predicted molar refractivity (Wildman–Crippen MR) is 109 cm³/mol. The van der Waals surface area contributed by atoms with Crippen LogP contribution in [0.4, 0.5) is 10.1 Å². The van der Waals surface area contributed by atoms with Gasteiger partial charge in [0.25, 0.3) is 0 Å². The Hall–Kier alpha value is -2.28. The topological polar surface area (TPSA) is 72.8 Å². The summed E-state index contributed by atoms with van der Waals surface area (Å²) in [5.74, 6) is -0.0794. The Morgan fingerprint density at radius 3 is 2.31 bits per heavy atom. The third-order valence-electron chi connectivity index (χ3n) is 6.01. The highest BCUT2D eigenvalue weighted by Crippen LogP contribution is 2.34. The number of benzene rings is 2. The molecule has 154 valence electrons. The zero-order chi connectivity index (χ0) is 20.4. The summed E-state index contributed by atoms with van der Waals surface area (Å²) in [7, 11) is 0. The number of halogens is 1. The highest BCUT2D eigenvalue weighted by atomic mass is 19.1. The van der Waals surface area contributed by atoms with Gasteiger partial charge < -0.3 is 20.4 Å². The van der Waals surface area contributed by atoms with E-state index in [2.05, 4.69) is 10.2 Å². The summed E-state index contributed by atoms with van der Waals surface area (Å²) >= 11 is 0. The largest absolute Gasteiger partial charge is 0.387 e. The molecule has 2 aromatic carbocycles. The number of nitrogens with one attached hydrogen (secondary N) is 1. The van der Waals surface area contributed by atoms with Crippen LogP contribution in [0.25, 0.3) is 0 Å². The van der Waals surface area contributed by atoms with Crippen molar-refractivity contribution < 1.29 is 19.4 Å². The van der Waals surface area contributed by atoms with Crippen molar-refractivity contribution in [1.29, 1.82) is 0 Å². The number of aliphatic hydroxyl groups is 2. The Labute approximate surface area is 170 Å². The zero-order valence-electron chi connectivity index (χ0n) is 16.4. The first-order chi connectivity index (χ1) is 13.9. The first kappa shape index (κ1) is 20.0. The molecule has 29 heavy (non-hydrogen) atoms. The lowest BCUT2D eigenvalue weighted by Crippen LogP contribution is -2.43. The fraction of sp³-hybridized carbons (Fsp3) is 0.435. The second kappa shape index (κ2) is 8.22. The summed E-state index contributed by atoms with van der Waals surface area (Å²) in [5.41, 5.74) is 1.34. The minimum absolute atomic E-state index is 0.0697. The molecule has 0 aromatic heterocycles. The summed E-state index contributed by atoms with van der Waals surface area (Å²) in [5, 5.41) is 24.4. The van der Waals surface area contributed by atoms with Gasteiger partial charge >= 0.3 is 0 Å². The summed E-state index contributed by atoms with van der Waals surface area (Å²) in [6, 6.07) is 13.4. The molecule has 1 aliphatic carbocycles. The number of rotatable bonds is 6. The second-order valence-electron chi connectivity index (χ2n) is 8.24. The lowest BCUT2D eigenvalue weighted by Gasteiger charge is -2.39. The molecule has 1 atom stereocenters. The second-order valence-corrected chi connectivity index (χ2v) is 8.24. The molecule has 1 aliphatic heterocycles. The van der Waals surface area contributed by atoms with E-state index >= 15 is 0 Å². The van der Waals surface area contributed by atoms with Crippen LogP contribution in [0, 0.1) is 11.7 Å². The van der Waals surface area contributed by atoms with Crippen molar-refractivity contribution >= 4 is 11.6 Å². The van der Waals surface area contributed by atoms with E-state index in [1.54, 1.807) is 12.1 Å². The number of amides is 1. The molecule has 6 heteroatoms. The van der Waals surface area contributed by atoms with Crippen LogP contribution >= 0.6 is 0 Å². The third-order valence-corrected chi connectivity index (χ3v) is 6.01. The van der Waals surface area contributed by atoms with Crippen LogP contribution < -0.4 is 5.32 Å². The van der Waals surface area contributed by atoms with Crippen molar-refractivity contribution in [1.82, 2.24) is 4.90 Å². The molecule has 3 N–H and O–H groups in total. The smallest absolute Gasteiger partial charge is 0.227 e. The maximum atomic E-state index is 13.1. The van der Waals surface area contributed by atoms with E-state index in [9.17, 15) is 19.4 Å². The summed E-state index contributed by atoms with van der Waals surface area (Å²) < 4.78 is 13.1. The lowest BCUT2D eigenvalue weighted by atomic mass is 9.84. The molecule has 5 nitrogen and oxygen atoms in total. The standard InChI is InChI=1S/C23H27FN2O3/c24-19-7-5-18(6-8-19)23(29)11-13-26(14-12-23)15-21(27)16-3-9-20(10-4-16)25-22(28)17-1-2-17/h3-10,17,21,27,29H,1-2,11-15H2,(H,25,28)/t21-/m0/s1. The minimum atomic E-state index is -0.948. The molecule has 4 rings (SSSR count). The SMILES string of the molecule is O=C(Nc1ccc([C@@H](O)CN2CCC(O)(c3ccc(F)cc3)CC2)cc1)C1CC1. The molecule has 2 fully saturated rings. The molecule has 0 radical (unpaired) electrons. The Morgan fingerprint density at radius 2 is 1.72 bits per heavy atom. The molecule has 1 heterocycles. The maximum absolute atomic E-state index is 13.1. The number of β-amino-alcohol motifs (C(OH)–C–C–N with tert-alkyl or cyclic N) is 1. The molecule has 2 aliphatic rings. The average molecular weight is 398 g/mol. The maximum Gasteiger partial charge on any atom is 0.227 e. The van der Waals surface area contributed by atoms with Gasteiger partial charge in [-0.1, -0.05) is 24.3 Å². The summed E-state index contributed by atoms with van der Waals surface area (Å²) in [6.07, 6.45) is 2.37. The van der Waals surface area contributed by atoms with Crippen molar-refractivity contribution in [3.05, 3.63) is 65.5 Å². The molecule has 0 bridgehead atoms. The van der Waals surface area contributed by atoms with Crippen LogP contribution in [0.3, 0.4) is 0 Å². The van der Waals surface area contributed by atoms with Gasteiger partial charge in [-0.05, 0) is 61.1 Å². The predicted octanol–water partition coefficient (Wildman–Crippen LogP) is 3.19. The number of carbonyl (C=O) groups excluding carboxylic acids is 1. The van der Waals surface area contributed by atoms with E-state index < -0.39 is 11.7 Å². The van der Waals surface area contributed by atoms with Gasteiger partial charge in [-0.3, -0.25) is 4.79 Å². The number of anilines is 1. The first-order valence-electron chi connectivity index (χ1n) is 10.2. The van der Waals surface area contributed by atoms with E-state index in [-0.39, 0.29) is 17.6 Å². The van der Waals surface area contributed by atoms with Gasteiger partial charge in [0, 0.05) is 31.2 Å². The zero-order valence-corrected chi connectivity index (χ0v) is 16.4. The molecule has 1 saturated carbocycles. The van der Waals surface area contributed by atoms with Crippen LogP contribution in [-0.2, 0) is 10.4 Å². The molecular formula is C23H27FN2O3. The number of carbonyl (C=O) groups is 1. The van der Waals surface area contributed by atoms with E-state index in [0.717, 1.165) is 29.7 Å². The minimum Gasteiger partial charge on any atom is -0.387 e. The molecule has 0 unspecified atom stereocenters. The van der Waals surface area contributed by atoms with Gasteiger partial charge in [0.2, 0.25) is 5.91 Å². The van der Waals surface area contributed by atoms with Gasteiger partial charge in [-0.2, -0.15) is 0 Å². The first-order valence-corrected chi connectivity index (χ1v) is 10.2. The fourth-order valence-corrected chi connectivity index (χ4v) is 3.88. The number of likely N-dealkylation sites (tertiary alicyclic amines) is 1. The quantitative estimate of drug-likeness (QED) is 0.699.